The van der Waals surface area contributed by atoms with Crippen molar-refractivity contribution in [3.8, 4) is 11.5 Å². The molecule has 1 amide bonds. The van der Waals surface area contributed by atoms with Crippen molar-refractivity contribution in [2.24, 2.45) is 0 Å². The first kappa shape index (κ1) is 21.2. The molecule has 0 bridgehead atoms. The normalized spacial score (nSPS) is 18.5. The van der Waals surface area contributed by atoms with Crippen LogP contribution in [-0.2, 0) is 16.9 Å². The molecule has 8 heteroatoms. The lowest BCUT2D eigenvalue weighted by atomic mass is 9.87. The first-order chi connectivity index (χ1) is 14.3. The van der Waals surface area contributed by atoms with E-state index < -0.39 is 0 Å². The Balaban J connectivity index is 1.32. The van der Waals surface area contributed by atoms with Crippen LogP contribution in [0.2, 0.25) is 0 Å². The zero-order valence-electron chi connectivity index (χ0n) is 18.1. The monoisotopic (exact) mass is 429 g/mol. The van der Waals surface area contributed by atoms with Crippen molar-refractivity contribution in [1.82, 2.24) is 24.9 Å². The molecule has 1 saturated heterocycles. The number of rotatable bonds is 6. The Morgan fingerprint density at radius 2 is 1.77 bits per heavy atom. The van der Waals surface area contributed by atoms with Crippen molar-refractivity contribution in [1.29, 1.82) is 0 Å². The molecule has 7 nitrogen and oxygen atoms in total. The molecule has 1 aromatic carbocycles. The summed E-state index contributed by atoms with van der Waals surface area (Å²) in [5.74, 6) is 0.697. The second kappa shape index (κ2) is 8.61. The number of hydrogen-bond acceptors (Lipinski definition) is 6. The predicted octanol–water partition coefficient (Wildman–Crippen LogP) is 3.02. The van der Waals surface area contributed by atoms with Gasteiger partial charge < -0.3 is 9.73 Å². The molecule has 2 aromatic rings. The second-order valence-electron chi connectivity index (χ2n) is 9.38. The Hall–Kier alpha value is -2.03. The third-order valence-electron chi connectivity index (χ3n) is 5.71. The van der Waals surface area contributed by atoms with E-state index in [0.29, 0.717) is 30.0 Å². The summed E-state index contributed by atoms with van der Waals surface area (Å²) >= 11 is 5.40. The molecular weight excluding hydrogens is 398 g/mol. The molecule has 0 atom stereocenters. The van der Waals surface area contributed by atoms with Gasteiger partial charge in [-0.3, -0.25) is 14.6 Å². The lowest BCUT2D eigenvalue weighted by Crippen LogP contribution is -2.49. The molecule has 1 aliphatic carbocycles. The first-order valence-corrected chi connectivity index (χ1v) is 11.1. The molecule has 0 unspecified atom stereocenters. The Morgan fingerprint density at radius 3 is 2.37 bits per heavy atom. The quantitative estimate of drug-likeness (QED) is 0.712. The van der Waals surface area contributed by atoms with Crippen LogP contribution in [0.3, 0.4) is 0 Å². The summed E-state index contributed by atoms with van der Waals surface area (Å²) < 4.78 is 7.51. The van der Waals surface area contributed by atoms with E-state index in [0.717, 1.165) is 44.6 Å². The number of hydrogen-bond donors (Lipinski definition) is 1. The standard InChI is InChI=1S/C22H31N5O2S/c1-22(2,3)17-6-4-16(5-7-17)20-24-27(21(30)29-20)15-26-12-10-25(11-13-26)14-19(28)23-18-8-9-18/h4-7,18H,8-15H2,1-3H3,(H,23,28). The van der Waals surface area contributed by atoms with Gasteiger partial charge >= 0.3 is 0 Å². The van der Waals surface area contributed by atoms with E-state index in [1.54, 1.807) is 4.68 Å². The highest BCUT2D eigenvalue weighted by Crippen LogP contribution is 2.25. The average Bonchev–Trinajstić information content (AvgIpc) is 3.44. The van der Waals surface area contributed by atoms with E-state index in [9.17, 15) is 4.79 Å². The molecule has 1 saturated carbocycles. The summed E-state index contributed by atoms with van der Waals surface area (Å²) in [4.78, 5) is 16.9. The molecule has 1 aromatic heterocycles. The maximum atomic E-state index is 12.0. The third kappa shape index (κ3) is 5.36. The summed E-state index contributed by atoms with van der Waals surface area (Å²) in [7, 11) is 0. The van der Waals surface area contributed by atoms with Crippen molar-refractivity contribution in [3.63, 3.8) is 0 Å². The van der Waals surface area contributed by atoms with E-state index in [1.807, 2.05) is 12.1 Å². The van der Waals surface area contributed by atoms with Crippen LogP contribution in [0.1, 0.15) is 39.2 Å². The minimum absolute atomic E-state index is 0.110. The van der Waals surface area contributed by atoms with Gasteiger partial charge in [-0.05, 0) is 48.2 Å². The van der Waals surface area contributed by atoms with Crippen LogP contribution >= 0.6 is 12.2 Å². The van der Waals surface area contributed by atoms with Gasteiger partial charge in [0, 0.05) is 37.8 Å². The van der Waals surface area contributed by atoms with Gasteiger partial charge in [-0.2, -0.15) is 0 Å². The summed E-state index contributed by atoms with van der Waals surface area (Å²) in [6, 6.07) is 8.73. The smallest absolute Gasteiger partial charge is 0.288 e. The van der Waals surface area contributed by atoms with E-state index in [2.05, 4.69) is 53.1 Å². The Morgan fingerprint density at radius 1 is 1.13 bits per heavy atom. The topological polar surface area (TPSA) is 66.5 Å². The van der Waals surface area contributed by atoms with Gasteiger partial charge in [0.25, 0.3) is 4.84 Å². The zero-order valence-corrected chi connectivity index (χ0v) is 18.9. The van der Waals surface area contributed by atoms with Gasteiger partial charge in [0.05, 0.1) is 13.2 Å². The number of carbonyl (C=O) groups excluding carboxylic acids is 1. The van der Waals surface area contributed by atoms with Gasteiger partial charge in [-0.1, -0.05) is 32.9 Å². The van der Waals surface area contributed by atoms with Crippen molar-refractivity contribution in [2.45, 2.75) is 51.7 Å². The number of benzene rings is 1. The molecule has 1 aliphatic heterocycles. The second-order valence-corrected chi connectivity index (χ2v) is 9.73. The highest BCUT2D eigenvalue weighted by Gasteiger charge is 2.25. The highest BCUT2D eigenvalue weighted by molar-refractivity contribution is 7.71. The molecule has 0 radical (unpaired) electrons. The molecular formula is C22H31N5O2S. The zero-order chi connectivity index (χ0) is 21.3. The SMILES string of the molecule is CC(C)(C)c1ccc(-c2nn(CN3CCN(CC(=O)NC4CC4)CC3)c(=S)o2)cc1. The maximum Gasteiger partial charge on any atom is 0.288 e. The van der Waals surface area contributed by atoms with Crippen LogP contribution < -0.4 is 5.32 Å². The molecule has 2 heterocycles. The van der Waals surface area contributed by atoms with E-state index in [-0.39, 0.29) is 11.3 Å². The van der Waals surface area contributed by atoms with Gasteiger partial charge in [0.1, 0.15) is 0 Å². The van der Waals surface area contributed by atoms with Crippen LogP contribution in [0.15, 0.2) is 28.7 Å². The number of nitrogens with zero attached hydrogens (tertiary/aromatic N) is 4. The molecule has 4 rings (SSSR count). The van der Waals surface area contributed by atoms with Gasteiger partial charge in [0.2, 0.25) is 11.8 Å². The van der Waals surface area contributed by atoms with Gasteiger partial charge in [-0.15, -0.1) is 5.10 Å². The minimum atomic E-state index is 0.110. The fourth-order valence-corrected chi connectivity index (χ4v) is 3.78. The van der Waals surface area contributed by atoms with E-state index in [1.165, 1.54) is 5.56 Å². The first-order valence-electron chi connectivity index (χ1n) is 10.7. The molecule has 0 spiro atoms. The summed E-state index contributed by atoms with van der Waals surface area (Å²) in [5, 5.41) is 7.65. The Bertz CT molecular complexity index is 932. The Labute approximate surface area is 183 Å². The minimum Gasteiger partial charge on any atom is -0.409 e. The number of piperazine rings is 1. The van der Waals surface area contributed by atoms with E-state index >= 15 is 0 Å². The van der Waals surface area contributed by atoms with Crippen molar-refractivity contribution in [2.75, 3.05) is 32.7 Å². The lowest BCUT2D eigenvalue weighted by Gasteiger charge is -2.33. The lowest BCUT2D eigenvalue weighted by molar-refractivity contribution is -0.122. The highest BCUT2D eigenvalue weighted by atomic mass is 32.1. The number of nitrogens with one attached hydrogen (secondary N) is 1. The maximum absolute atomic E-state index is 12.0. The van der Waals surface area contributed by atoms with Gasteiger partial charge in [0.15, 0.2) is 0 Å². The van der Waals surface area contributed by atoms with Crippen LogP contribution in [0, 0.1) is 4.84 Å². The van der Waals surface area contributed by atoms with Crippen molar-refractivity contribution < 1.29 is 9.21 Å². The molecule has 2 aliphatic rings. The number of carbonyl (C=O) groups is 1. The van der Waals surface area contributed by atoms with Crippen molar-refractivity contribution >= 4 is 18.1 Å². The van der Waals surface area contributed by atoms with Crippen molar-refractivity contribution in [3.05, 3.63) is 34.7 Å². The Kier molecular flexibility index (Phi) is 6.09. The molecule has 1 N–H and O–H groups in total. The largest absolute Gasteiger partial charge is 0.409 e. The number of amides is 1. The molecule has 30 heavy (non-hydrogen) atoms. The third-order valence-corrected chi connectivity index (χ3v) is 6.01. The molecule has 162 valence electrons. The number of aromatic nitrogens is 2. The fourth-order valence-electron chi connectivity index (χ4n) is 3.61. The summed E-state index contributed by atoms with van der Waals surface area (Å²) in [6.07, 6.45) is 2.25. The fraction of sp³-hybridized carbons (Fsp3) is 0.591. The van der Waals surface area contributed by atoms with Crippen LogP contribution in [0.4, 0.5) is 0 Å². The summed E-state index contributed by atoms with van der Waals surface area (Å²) in [5.41, 5.74) is 2.31. The molecule has 2 fully saturated rings. The van der Waals surface area contributed by atoms with Crippen LogP contribution in [0.5, 0.6) is 0 Å². The van der Waals surface area contributed by atoms with Gasteiger partial charge in [-0.25, -0.2) is 4.68 Å². The average molecular weight is 430 g/mol. The van der Waals surface area contributed by atoms with E-state index in [4.69, 9.17) is 16.6 Å². The summed E-state index contributed by atoms with van der Waals surface area (Å²) in [6.45, 7) is 11.2. The van der Waals surface area contributed by atoms with Crippen LogP contribution in [-0.4, -0.2) is 64.3 Å². The van der Waals surface area contributed by atoms with Crippen LogP contribution in [0.25, 0.3) is 11.5 Å². The predicted molar refractivity (Wildman–Crippen MR) is 119 cm³/mol.